The summed E-state index contributed by atoms with van der Waals surface area (Å²) >= 11 is 1.52. The Morgan fingerprint density at radius 1 is 1.57 bits per heavy atom. The van der Waals surface area contributed by atoms with Gasteiger partial charge in [-0.2, -0.15) is 0 Å². The van der Waals surface area contributed by atoms with E-state index in [1.165, 1.54) is 11.3 Å². The molecule has 0 aliphatic carbocycles. The predicted octanol–water partition coefficient (Wildman–Crippen LogP) is 2.96. The molecule has 0 aliphatic rings. The lowest BCUT2D eigenvalue weighted by Gasteiger charge is -2.25. The topological polar surface area (TPSA) is 20.3 Å². The number of nitrogens with zero attached hydrogens (tertiary/aromatic N) is 1. The average molecular weight is 209 g/mol. The molecule has 2 nitrogen and oxygen atoms in total. The van der Waals surface area contributed by atoms with Crippen molar-refractivity contribution in [1.29, 1.82) is 0 Å². The lowest BCUT2D eigenvalue weighted by molar-refractivity contribution is 0.112. The molecule has 0 amide bonds. The summed E-state index contributed by atoms with van der Waals surface area (Å²) in [5, 5.41) is 1.13. The van der Waals surface area contributed by atoms with Crippen molar-refractivity contribution in [2.75, 3.05) is 11.4 Å². The predicted molar refractivity (Wildman–Crippen MR) is 62.4 cm³/mol. The summed E-state index contributed by atoms with van der Waals surface area (Å²) in [6, 6.07) is 4.26. The molecule has 0 atom stereocenters. The van der Waals surface area contributed by atoms with Gasteiger partial charge in [-0.25, -0.2) is 0 Å². The molecule has 76 valence electrons. The molecule has 1 heterocycles. The fourth-order valence-electron chi connectivity index (χ4n) is 1.25. The minimum atomic E-state index is 0.422. The van der Waals surface area contributed by atoms with Crippen LogP contribution in [0.25, 0.3) is 0 Å². The van der Waals surface area contributed by atoms with Gasteiger partial charge in [-0.05, 0) is 26.0 Å². The maximum atomic E-state index is 10.5. The van der Waals surface area contributed by atoms with E-state index in [1.807, 2.05) is 18.2 Å². The standard InChI is InChI=1S/C11H15NOS/c1-4-7-12(9(2)3)11-6-5-10(8-13)14-11/h4-6,8-9H,1,7H2,2-3H3. The van der Waals surface area contributed by atoms with Crippen LogP contribution in [-0.2, 0) is 0 Å². The van der Waals surface area contributed by atoms with E-state index in [9.17, 15) is 4.79 Å². The third-order valence-electron chi connectivity index (χ3n) is 1.96. The number of rotatable bonds is 5. The van der Waals surface area contributed by atoms with E-state index in [0.717, 1.165) is 22.7 Å². The Bertz CT molecular complexity index is 317. The van der Waals surface area contributed by atoms with Crippen molar-refractivity contribution < 1.29 is 4.79 Å². The number of aldehydes is 1. The van der Waals surface area contributed by atoms with Gasteiger partial charge in [0.25, 0.3) is 0 Å². The normalized spacial score (nSPS) is 10.2. The van der Waals surface area contributed by atoms with Crippen LogP contribution in [-0.4, -0.2) is 18.9 Å². The molecule has 0 aliphatic heterocycles. The van der Waals surface area contributed by atoms with Crippen molar-refractivity contribution in [3.63, 3.8) is 0 Å². The van der Waals surface area contributed by atoms with Crippen molar-refractivity contribution in [2.45, 2.75) is 19.9 Å². The number of carbonyl (C=O) groups is 1. The van der Waals surface area contributed by atoms with Gasteiger partial charge in [0, 0.05) is 12.6 Å². The van der Waals surface area contributed by atoms with Crippen molar-refractivity contribution in [1.82, 2.24) is 0 Å². The number of carbonyl (C=O) groups excluding carboxylic acids is 1. The van der Waals surface area contributed by atoms with E-state index in [1.54, 1.807) is 0 Å². The second-order valence-corrected chi connectivity index (χ2v) is 4.42. The highest BCUT2D eigenvalue weighted by Gasteiger charge is 2.10. The van der Waals surface area contributed by atoms with Crippen molar-refractivity contribution >= 4 is 22.6 Å². The number of anilines is 1. The maximum absolute atomic E-state index is 10.5. The van der Waals surface area contributed by atoms with E-state index in [2.05, 4.69) is 25.3 Å². The second kappa shape index (κ2) is 4.96. The van der Waals surface area contributed by atoms with Crippen molar-refractivity contribution in [2.24, 2.45) is 0 Å². The lowest BCUT2D eigenvalue weighted by Crippen LogP contribution is -2.29. The van der Waals surface area contributed by atoms with Gasteiger partial charge in [-0.1, -0.05) is 6.08 Å². The molecule has 1 rings (SSSR count). The van der Waals surface area contributed by atoms with Gasteiger partial charge in [0.2, 0.25) is 0 Å². The van der Waals surface area contributed by atoms with E-state index in [4.69, 9.17) is 0 Å². The van der Waals surface area contributed by atoms with E-state index < -0.39 is 0 Å². The number of hydrogen-bond donors (Lipinski definition) is 0. The highest BCUT2D eigenvalue weighted by Crippen LogP contribution is 2.26. The first-order chi connectivity index (χ1) is 6.69. The molecular weight excluding hydrogens is 194 g/mol. The minimum Gasteiger partial charge on any atom is -0.357 e. The fourth-order valence-corrected chi connectivity index (χ4v) is 2.22. The summed E-state index contributed by atoms with van der Waals surface area (Å²) in [5.74, 6) is 0. The molecule has 0 saturated carbocycles. The Morgan fingerprint density at radius 2 is 2.29 bits per heavy atom. The van der Waals surface area contributed by atoms with Crippen LogP contribution in [0.4, 0.5) is 5.00 Å². The van der Waals surface area contributed by atoms with Crippen LogP contribution in [0.3, 0.4) is 0 Å². The molecule has 1 aromatic rings. The van der Waals surface area contributed by atoms with Crippen LogP contribution in [0, 0.1) is 0 Å². The molecule has 14 heavy (non-hydrogen) atoms. The first-order valence-electron chi connectivity index (χ1n) is 4.61. The second-order valence-electron chi connectivity index (χ2n) is 3.33. The molecule has 0 aromatic carbocycles. The first kappa shape index (κ1) is 11.0. The highest BCUT2D eigenvalue weighted by molar-refractivity contribution is 7.17. The third kappa shape index (κ3) is 2.45. The molecule has 0 N–H and O–H groups in total. The Morgan fingerprint density at radius 3 is 2.71 bits per heavy atom. The van der Waals surface area contributed by atoms with Crippen LogP contribution >= 0.6 is 11.3 Å². The van der Waals surface area contributed by atoms with E-state index in [0.29, 0.717) is 6.04 Å². The highest BCUT2D eigenvalue weighted by atomic mass is 32.1. The zero-order valence-electron chi connectivity index (χ0n) is 8.56. The van der Waals surface area contributed by atoms with Crippen LogP contribution < -0.4 is 4.90 Å². The smallest absolute Gasteiger partial charge is 0.160 e. The molecular formula is C11H15NOS. The lowest BCUT2D eigenvalue weighted by atomic mass is 10.3. The van der Waals surface area contributed by atoms with Crippen LogP contribution in [0.2, 0.25) is 0 Å². The molecule has 0 bridgehead atoms. The SMILES string of the molecule is C=CCN(c1ccc(C=O)s1)C(C)C. The summed E-state index contributed by atoms with van der Waals surface area (Å²) in [7, 11) is 0. The summed E-state index contributed by atoms with van der Waals surface area (Å²) in [5.41, 5.74) is 0. The number of hydrogen-bond acceptors (Lipinski definition) is 3. The zero-order valence-corrected chi connectivity index (χ0v) is 9.38. The fraction of sp³-hybridized carbons (Fsp3) is 0.364. The van der Waals surface area contributed by atoms with Gasteiger partial charge >= 0.3 is 0 Å². The van der Waals surface area contributed by atoms with E-state index >= 15 is 0 Å². The minimum absolute atomic E-state index is 0.422. The molecule has 0 unspecified atom stereocenters. The Labute approximate surface area is 88.9 Å². The maximum Gasteiger partial charge on any atom is 0.160 e. The molecule has 1 aromatic heterocycles. The third-order valence-corrected chi connectivity index (χ3v) is 3.01. The van der Waals surface area contributed by atoms with Crippen molar-refractivity contribution in [3.8, 4) is 0 Å². The molecule has 0 saturated heterocycles. The van der Waals surface area contributed by atoms with E-state index in [-0.39, 0.29) is 0 Å². The Kier molecular flexibility index (Phi) is 3.89. The van der Waals surface area contributed by atoms with Crippen LogP contribution in [0.15, 0.2) is 24.8 Å². The quantitative estimate of drug-likeness (QED) is 0.549. The Balaban J connectivity index is 2.86. The summed E-state index contributed by atoms with van der Waals surface area (Å²) < 4.78 is 0. The van der Waals surface area contributed by atoms with Gasteiger partial charge in [0.15, 0.2) is 6.29 Å². The molecule has 0 spiro atoms. The van der Waals surface area contributed by atoms with Gasteiger partial charge in [-0.3, -0.25) is 4.79 Å². The summed E-state index contributed by atoms with van der Waals surface area (Å²) in [4.78, 5) is 13.5. The van der Waals surface area contributed by atoms with Gasteiger partial charge in [-0.15, -0.1) is 17.9 Å². The molecule has 0 radical (unpaired) electrons. The largest absolute Gasteiger partial charge is 0.357 e. The van der Waals surface area contributed by atoms with Crippen molar-refractivity contribution in [3.05, 3.63) is 29.7 Å². The average Bonchev–Trinajstić information content (AvgIpc) is 2.61. The Hall–Kier alpha value is -1.09. The van der Waals surface area contributed by atoms with Gasteiger partial charge < -0.3 is 4.90 Å². The monoisotopic (exact) mass is 209 g/mol. The van der Waals surface area contributed by atoms with Gasteiger partial charge in [0.1, 0.15) is 0 Å². The summed E-state index contributed by atoms with van der Waals surface area (Å²) in [6.07, 6.45) is 2.76. The van der Waals surface area contributed by atoms with Crippen LogP contribution in [0.5, 0.6) is 0 Å². The van der Waals surface area contributed by atoms with Crippen LogP contribution in [0.1, 0.15) is 23.5 Å². The zero-order chi connectivity index (χ0) is 10.6. The number of thiophene rings is 1. The molecule has 0 fully saturated rings. The first-order valence-corrected chi connectivity index (χ1v) is 5.43. The molecule has 3 heteroatoms. The van der Waals surface area contributed by atoms with Gasteiger partial charge in [0.05, 0.1) is 9.88 Å². The summed E-state index contributed by atoms with van der Waals surface area (Å²) in [6.45, 7) is 8.80.